The van der Waals surface area contributed by atoms with Crippen LogP contribution in [0.25, 0.3) is 0 Å². The zero-order valence-corrected chi connectivity index (χ0v) is 21.4. The molecule has 7 heteroatoms. The molecule has 0 aromatic heterocycles. The Kier molecular flexibility index (Phi) is 6.92. The van der Waals surface area contributed by atoms with Crippen molar-refractivity contribution >= 4 is 29.1 Å². The maximum absolute atomic E-state index is 14.0. The van der Waals surface area contributed by atoms with Crippen LogP contribution in [-0.4, -0.2) is 42.5 Å². The number of carbonyl (C=O) groups excluding carboxylic acids is 1. The second-order valence-corrected chi connectivity index (χ2v) is 9.88. The average molecular weight is 511 g/mol. The summed E-state index contributed by atoms with van der Waals surface area (Å²) in [5, 5.41) is 1.08. The molecule has 35 heavy (non-hydrogen) atoms. The van der Waals surface area contributed by atoms with E-state index in [1.807, 2.05) is 35.2 Å². The van der Waals surface area contributed by atoms with E-state index in [4.69, 9.17) is 32.7 Å². The number of carbonyl (C=O) groups is 1. The number of benzene rings is 3. The number of ether oxygens (including phenoxy) is 2. The molecule has 0 saturated carbocycles. The average Bonchev–Trinajstić information content (AvgIpc) is 2.89. The van der Waals surface area contributed by atoms with Gasteiger partial charge >= 0.3 is 0 Å². The summed E-state index contributed by atoms with van der Waals surface area (Å²) < 4.78 is 11.0. The van der Waals surface area contributed by atoms with Crippen LogP contribution in [0.4, 0.5) is 0 Å². The maximum Gasteiger partial charge on any atom is 0.240 e. The molecule has 2 heterocycles. The molecule has 0 fully saturated rings. The number of halogens is 2. The van der Waals surface area contributed by atoms with Crippen molar-refractivity contribution < 1.29 is 14.3 Å². The van der Waals surface area contributed by atoms with Crippen LogP contribution in [0.3, 0.4) is 0 Å². The number of rotatable bonds is 5. The lowest BCUT2D eigenvalue weighted by molar-refractivity contribution is -0.139. The molecule has 5 nitrogen and oxygen atoms in total. The quantitative estimate of drug-likeness (QED) is 0.453. The number of hydrogen-bond donors (Lipinski definition) is 0. The van der Waals surface area contributed by atoms with Gasteiger partial charge < -0.3 is 14.4 Å². The standard InChI is InChI=1S/C28H28Cl2N2O3/c1-34-25-13-19-10-11-31(17-22(19)14-26(25)35-2)28(33)24-12-18-6-3-4-7-20(18)15-32(24)16-21-8-5-9-23(29)27(21)30/h3-9,13-14,24H,10-12,15-17H2,1-2H3. The van der Waals surface area contributed by atoms with Crippen LogP contribution in [0.15, 0.2) is 54.6 Å². The fourth-order valence-corrected chi connectivity index (χ4v) is 5.54. The molecule has 1 atom stereocenters. The predicted molar refractivity (Wildman–Crippen MR) is 138 cm³/mol. The van der Waals surface area contributed by atoms with E-state index in [0.717, 1.165) is 23.3 Å². The van der Waals surface area contributed by atoms with E-state index in [-0.39, 0.29) is 11.9 Å². The Labute approximate surface area is 216 Å². The minimum Gasteiger partial charge on any atom is -0.493 e. The summed E-state index contributed by atoms with van der Waals surface area (Å²) in [6.45, 7) is 2.47. The minimum absolute atomic E-state index is 0.137. The highest BCUT2D eigenvalue weighted by molar-refractivity contribution is 6.42. The molecule has 3 aromatic rings. The summed E-state index contributed by atoms with van der Waals surface area (Å²) in [6.07, 6.45) is 1.45. The van der Waals surface area contributed by atoms with Crippen molar-refractivity contribution in [2.75, 3.05) is 20.8 Å². The van der Waals surface area contributed by atoms with E-state index >= 15 is 0 Å². The molecule has 0 spiro atoms. The molecule has 0 bridgehead atoms. The highest BCUT2D eigenvalue weighted by Crippen LogP contribution is 2.35. The van der Waals surface area contributed by atoms with E-state index in [2.05, 4.69) is 23.1 Å². The first kappa shape index (κ1) is 24.0. The van der Waals surface area contributed by atoms with Gasteiger partial charge in [0.1, 0.15) is 0 Å². The van der Waals surface area contributed by atoms with Crippen molar-refractivity contribution in [3.63, 3.8) is 0 Å². The summed E-state index contributed by atoms with van der Waals surface area (Å²) in [5.74, 6) is 1.54. The first-order chi connectivity index (χ1) is 17.0. The zero-order chi connectivity index (χ0) is 24.5. The lowest BCUT2D eigenvalue weighted by Gasteiger charge is -2.40. The maximum atomic E-state index is 14.0. The number of amides is 1. The molecule has 0 saturated heterocycles. The summed E-state index contributed by atoms with van der Waals surface area (Å²) in [7, 11) is 3.28. The molecule has 0 aliphatic carbocycles. The van der Waals surface area contributed by atoms with Gasteiger partial charge in [0.05, 0.1) is 30.3 Å². The summed E-state index contributed by atoms with van der Waals surface area (Å²) in [5.41, 5.74) is 5.70. The molecule has 0 N–H and O–H groups in total. The van der Waals surface area contributed by atoms with Gasteiger partial charge in [-0.2, -0.15) is 0 Å². The first-order valence-electron chi connectivity index (χ1n) is 11.7. The lowest BCUT2D eigenvalue weighted by Crippen LogP contribution is -2.52. The Morgan fingerprint density at radius 3 is 2.37 bits per heavy atom. The normalized spacial score (nSPS) is 17.5. The van der Waals surface area contributed by atoms with Gasteiger partial charge in [-0.1, -0.05) is 59.6 Å². The van der Waals surface area contributed by atoms with Crippen molar-refractivity contribution in [1.29, 1.82) is 0 Å². The smallest absolute Gasteiger partial charge is 0.240 e. The molecule has 1 unspecified atom stereocenters. The van der Waals surface area contributed by atoms with Crippen LogP contribution in [0.5, 0.6) is 11.5 Å². The number of nitrogens with zero attached hydrogens (tertiary/aromatic N) is 2. The molecule has 1 amide bonds. The summed E-state index contributed by atoms with van der Waals surface area (Å²) >= 11 is 12.8. The van der Waals surface area contributed by atoms with Crippen molar-refractivity contribution in [2.45, 2.75) is 38.5 Å². The van der Waals surface area contributed by atoms with E-state index in [1.54, 1.807) is 20.3 Å². The first-order valence-corrected chi connectivity index (χ1v) is 12.5. The number of fused-ring (bicyclic) bond motifs is 2. The Bertz CT molecular complexity index is 1260. The van der Waals surface area contributed by atoms with Gasteiger partial charge in [0, 0.05) is 26.2 Å². The van der Waals surface area contributed by atoms with Crippen LogP contribution in [0.2, 0.25) is 10.0 Å². The Balaban J connectivity index is 1.43. The highest BCUT2D eigenvalue weighted by Gasteiger charge is 2.35. The number of methoxy groups -OCH3 is 2. The van der Waals surface area contributed by atoms with Gasteiger partial charge in [-0.25, -0.2) is 0 Å². The highest BCUT2D eigenvalue weighted by atomic mass is 35.5. The zero-order valence-electron chi connectivity index (χ0n) is 19.9. The van der Waals surface area contributed by atoms with Crippen LogP contribution < -0.4 is 9.47 Å². The fraction of sp³-hybridized carbons (Fsp3) is 0.321. The second-order valence-electron chi connectivity index (χ2n) is 9.09. The Morgan fingerprint density at radius 1 is 0.914 bits per heavy atom. The molecular weight excluding hydrogens is 483 g/mol. The van der Waals surface area contributed by atoms with E-state index < -0.39 is 0 Å². The topological polar surface area (TPSA) is 42.0 Å². The van der Waals surface area contributed by atoms with Crippen LogP contribution in [-0.2, 0) is 37.3 Å². The summed E-state index contributed by atoms with van der Waals surface area (Å²) in [4.78, 5) is 18.2. The molecule has 182 valence electrons. The van der Waals surface area contributed by atoms with Crippen molar-refractivity contribution in [2.24, 2.45) is 0 Å². The lowest BCUT2D eigenvalue weighted by atomic mass is 9.91. The summed E-state index contributed by atoms with van der Waals surface area (Å²) in [6, 6.07) is 17.8. The van der Waals surface area contributed by atoms with Gasteiger partial charge in [0.15, 0.2) is 11.5 Å². The fourth-order valence-electron chi connectivity index (χ4n) is 5.16. The third kappa shape index (κ3) is 4.73. The van der Waals surface area contributed by atoms with Crippen molar-refractivity contribution in [3.8, 4) is 11.5 Å². The Morgan fingerprint density at radius 2 is 1.63 bits per heavy atom. The monoisotopic (exact) mass is 510 g/mol. The molecule has 3 aromatic carbocycles. The third-order valence-corrected chi connectivity index (χ3v) is 7.92. The van der Waals surface area contributed by atoms with E-state index in [9.17, 15) is 4.79 Å². The van der Waals surface area contributed by atoms with Crippen molar-refractivity contribution in [3.05, 3.63) is 92.5 Å². The largest absolute Gasteiger partial charge is 0.493 e. The van der Waals surface area contributed by atoms with Gasteiger partial charge in [0.2, 0.25) is 5.91 Å². The van der Waals surface area contributed by atoms with Gasteiger partial charge in [-0.3, -0.25) is 9.69 Å². The van der Waals surface area contributed by atoms with Crippen LogP contribution in [0, 0.1) is 0 Å². The Hall–Kier alpha value is -2.73. The van der Waals surface area contributed by atoms with Gasteiger partial charge in [-0.15, -0.1) is 0 Å². The molecular formula is C28H28Cl2N2O3. The molecule has 5 rings (SSSR count). The molecule has 2 aliphatic rings. The second kappa shape index (κ2) is 10.1. The molecule has 2 aliphatic heterocycles. The SMILES string of the molecule is COc1cc2c(cc1OC)CN(C(=O)C1Cc3ccccc3CN1Cc1cccc(Cl)c1Cl)CC2. The van der Waals surface area contributed by atoms with Crippen LogP contribution >= 0.6 is 23.2 Å². The van der Waals surface area contributed by atoms with Crippen molar-refractivity contribution in [1.82, 2.24) is 9.80 Å². The van der Waals surface area contributed by atoms with Gasteiger partial charge in [-0.05, 0) is 58.9 Å². The van der Waals surface area contributed by atoms with E-state index in [0.29, 0.717) is 48.4 Å². The van der Waals surface area contributed by atoms with E-state index in [1.165, 1.54) is 16.7 Å². The third-order valence-electron chi connectivity index (χ3n) is 7.07. The predicted octanol–water partition coefficient (Wildman–Crippen LogP) is 5.52. The molecule has 0 radical (unpaired) electrons. The number of hydrogen-bond acceptors (Lipinski definition) is 4. The minimum atomic E-state index is -0.276. The van der Waals surface area contributed by atoms with Gasteiger partial charge in [0.25, 0.3) is 0 Å². The van der Waals surface area contributed by atoms with Crippen LogP contribution in [0.1, 0.15) is 27.8 Å².